The summed E-state index contributed by atoms with van der Waals surface area (Å²) in [5, 5.41) is 0. The van der Waals surface area contributed by atoms with Crippen LogP contribution in [-0.2, 0) is 16.0 Å². The normalized spacial score (nSPS) is 14.2. The molecule has 0 saturated carbocycles. The van der Waals surface area contributed by atoms with E-state index in [1.165, 1.54) is 0 Å². The Morgan fingerprint density at radius 1 is 1.40 bits per heavy atom. The Morgan fingerprint density at radius 2 is 2.15 bits per heavy atom. The molecule has 1 aromatic carbocycles. The third-order valence-electron chi connectivity index (χ3n) is 3.54. The van der Waals surface area contributed by atoms with Crippen molar-refractivity contribution in [1.29, 1.82) is 0 Å². The van der Waals surface area contributed by atoms with Gasteiger partial charge < -0.3 is 19.1 Å². The second-order valence-corrected chi connectivity index (χ2v) is 4.99. The maximum atomic E-state index is 11.9. The summed E-state index contributed by atoms with van der Waals surface area (Å²) in [4.78, 5) is 13.7. The molecule has 1 aromatic rings. The minimum absolute atomic E-state index is 0.0973. The summed E-state index contributed by atoms with van der Waals surface area (Å²) in [5.74, 6) is 1.66. The Balaban J connectivity index is 1.93. The van der Waals surface area contributed by atoms with Gasteiger partial charge >= 0.3 is 0 Å². The van der Waals surface area contributed by atoms with Gasteiger partial charge in [-0.1, -0.05) is 6.07 Å². The molecule has 110 valence electrons. The number of hydrogen-bond donors (Lipinski definition) is 0. The van der Waals surface area contributed by atoms with E-state index in [2.05, 4.69) is 0 Å². The molecule has 0 radical (unpaired) electrons. The average Bonchev–Trinajstić information content (AvgIpc) is 2.91. The highest BCUT2D eigenvalue weighted by atomic mass is 16.7. The van der Waals surface area contributed by atoms with Crippen LogP contribution in [0.25, 0.3) is 0 Å². The van der Waals surface area contributed by atoms with E-state index in [9.17, 15) is 4.79 Å². The van der Waals surface area contributed by atoms with Crippen LogP contribution in [-0.4, -0.2) is 44.4 Å². The monoisotopic (exact) mass is 279 g/mol. The SMILES string of the molecule is COCCC(=O)N(C)C(C)Cc1ccc2c(c1)OCO2. The van der Waals surface area contributed by atoms with Crippen LogP contribution >= 0.6 is 0 Å². The highest BCUT2D eigenvalue weighted by molar-refractivity contribution is 5.76. The second kappa shape index (κ2) is 6.61. The van der Waals surface area contributed by atoms with Crippen molar-refractivity contribution in [2.45, 2.75) is 25.8 Å². The Hall–Kier alpha value is -1.75. The fourth-order valence-electron chi connectivity index (χ4n) is 2.16. The average molecular weight is 279 g/mol. The molecule has 1 atom stereocenters. The zero-order valence-corrected chi connectivity index (χ0v) is 12.2. The smallest absolute Gasteiger partial charge is 0.231 e. The molecule has 0 bridgehead atoms. The molecule has 0 aromatic heterocycles. The maximum Gasteiger partial charge on any atom is 0.231 e. The molecule has 1 amide bonds. The van der Waals surface area contributed by atoms with E-state index in [0.29, 0.717) is 13.0 Å². The van der Waals surface area contributed by atoms with Crippen molar-refractivity contribution in [1.82, 2.24) is 4.90 Å². The number of methoxy groups -OCH3 is 1. The number of amides is 1. The number of carbonyl (C=O) groups is 1. The van der Waals surface area contributed by atoms with Gasteiger partial charge in [0.1, 0.15) is 0 Å². The predicted octanol–water partition coefficient (Wildman–Crippen LogP) is 1.84. The van der Waals surface area contributed by atoms with Crippen LogP contribution < -0.4 is 9.47 Å². The Kier molecular flexibility index (Phi) is 4.84. The third kappa shape index (κ3) is 3.42. The number of ether oxygens (including phenoxy) is 3. The molecule has 0 N–H and O–H groups in total. The van der Waals surface area contributed by atoms with Gasteiger partial charge in [-0.3, -0.25) is 4.79 Å². The van der Waals surface area contributed by atoms with E-state index < -0.39 is 0 Å². The van der Waals surface area contributed by atoms with E-state index in [0.717, 1.165) is 23.5 Å². The number of rotatable bonds is 6. The topological polar surface area (TPSA) is 48.0 Å². The van der Waals surface area contributed by atoms with Gasteiger partial charge in [0.2, 0.25) is 12.7 Å². The summed E-state index contributed by atoms with van der Waals surface area (Å²) in [5.41, 5.74) is 1.13. The maximum absolute atomic E-state index is 11.9. The molecule has 0 spiro atoms. The minimum atomic E-state index is 0.0973. The summed E-state index contributed by atoms with van der Waals surface area (Å²) in [7, 11) is 3.43. The van der Waals surface area contributed by atoms with E-state index >= 15 is 0 Å². The molecule has 1 unspecified atom stereocenters. The van der Waals surface area contributed by atoms with Gasteiger partial charge in [0, 0.05) is 20.2 Å². The minimum Gasteiger partial charge on any atom is -0.454 e. The summed E-state index contributed by atoms with van der Waals surface area (Å²) in [6.07, 6.45) is 1.20. The molecule has 0 aliphatic carbocycles. The molecule has 2 rings (SSSR count). The lowest BCUT2D eigenvalue weighted by molar-refractivity contribution is -0.132. The van der Waals surface area contributed by atoms with Gasteiger partial charge in [-0.2, -0.15) is 0 Å². The number of hydrogen-bond acceptors (Lipinski definition) is 4. The van der Waals surface area contributed by atoms with Crippen molar-refractivity contribution in [3.63, 3.8) is 0 Å². The molecule has 5 nitrogen and oxygen atoms in total. The van der Waals surface area contributed by atoms with Crippen LogP contribution in [0.1, 0.15) is 18.9 Å². The lowest BCUT2D eigenvalue weighted by Gasteiger charge is -2.25. The first-order valence-corrected chi connectivity index (χ1v) is 6.75. The number of fused-ring (bicyclic) bond motifs is 1. The first-order valence-electron chi connectivity index (χ1n) is 6.75. The first kappa shape index (κ1) is 14.7. The summed E-state index contributed by atoms with van der Waals surface area (Å²) >= 11 is 0. The lowest BCUT2D eigenvalue weighted by Crippen LogP contribution is -2.36. The van der Waals surface area contributed by atoms with E-state index in [1.807, 2.05) is 32.2 Å². The zero-order valence-electron chi connectivity index (χ0n) is 12.2. The Labute approximate surface area is 119 Å². The molecule has 1 heterocycles. The number of likely N-dealkylation sites (N-methyl/N-ethyl adjacent to an activating group) is 1. The molecule has 0 fully saturated rings. The largest absolute Gasteiger partial charge is 0.454 e. The second-order valence-electron chi connectivity index (χ2n) is 4.99. The van der Waals surface area contributed by atoms with Gasteiger partial charge in [0.15, 0.2) is 11.5 Å². The van der Waals surface area contributed by atoms with Crippen molar-refractivity contribution < 1.29 is 19.0 Å². The van der Waals surface area contributed by atoms with Gasteiger partial charge in [-0.25, -0.2) is 0 Å². The first-order chi connectivity index (χ1) is 9.61. The van der Waals surface area contributed by atoms with Crippen LogP contribution in [0.3, 0.4) is 0 Å². The summed E-state index contributed by atoms with van der Waals surface area (Å²) < 4.78 is 15.6. The van der Waals surface area contributed by atoms with Gasteiger partial charge in [0.05, 0.1) is 13.0 Å². The molecular formula is C15H21NO4. The third-order valence-corrected chi connectivity index (χ3v) is 3.54. The molecule has 0 saturated heterocycles. The van der Waals surface area contributed by atoms with Gasteiger partial charge in [0.25, 0.3) is 0 Å². The standard InChI is InChI=1S/C15H21NO4/c1-11(16(2)15(17)6-7-18-3)8-12-4-5-13-14(9-12)20-10-19-13/h4-5,9,11H,6-8,10H2,1-3H3. The highest BCUT2D eigenvalue weighted by Gasteiger charge is 2.18. The molecule has 1 aliphatic rings. The zero-order chi connectivity index (χ0) is 14.5. The van der Waals surface area contributed by atoms with Crippen LogP contribution in [0, 0.1) is 0 Å². The predicted molar refractivity (Wildman–Crippen MR) is 75.0 cm³/mol. The fourth-order valence-corrected chi connectivity index (χ4v) is 2.16. The van der Waals surface area contributed by atoms with Crippen molar-refractivity contribution in [3.8, 4) is 11.5 Å². The van der Waals surface area contributed by atoms with Crippen LogP contribution in [0.4, 0.5) is 0 Å². The van der Waals surface area contributed by atoms with Crippen molar-refractivity contribution in [3.05, 3.63) is 23.8 Å². The molecular weight excluding hydrogens is 258 g/mol. The van der Waals surface area contributed by atoms with E-state index in [-0.39, 0.29) is 18.7 Å². The number of nitrogens with zero attached hydrogens (tertiary/aromatic N) is 1. The summed E-state index contributed by atoms with van der Waals surface area (Å²) in [6, 6.07) is 6.03. The highest BCUT2D eigenvalue weighted by Crippen LogP contribution is 2.32. The van der Waals surface area contributed by atoms with Gasteiger partial charge in [-0.05, 0) is 31.0 Å². The van der Waals surface area contributed by atoms with E-state index in [4.69, 9.17) is 14.2 Å². The van der Waals surface area contributed by atoms with Crippen LogP contribution in [0.2, 0.25) is 0 Å². The summed E-state index contributed by atoms with van der Waals surface area (Å²) in [6.45, 7) is 2.78. The molecule has 1 aliphatic heterocycles. The van der Waals surface area contributed by atoms with E-state index in [1.54, 1.807) is 12.0 Å². The van der Waals surface area contributed by atoms with Crippen molar-refractivity contribution in [2.24, 2.45) is 0 Å². The van der Waals surface area contributed by atoms with Crippen LogP contribution in [0.5, 0.6) is 11.5 Å². The quantitative estimate of drug-likeness (QED) is 0.797. The van der Waals surface area contributed by atoms with Crippen LogP contribution in [0.15, 0.2) is 18.2 Å². The lowest BCUT2D eigenvalue weighted by atomic mass is 10.1. The fraction of sp³-hybridized carbons (Fsp3) is 0.533. The molecule has 20 heavy (non-hydrogen) atoms. The van der Waals surface area contributed by atoms with Gasteiger partial charge in [-0.15, -0.1) is 0 Å². The number of carbonyl (C=O) groups excluding carboxylic acids is 1. The number of benzene rings is 1. The van der Waals surface area contributed by atoms with Crippen molar-refractivity contribution >= 4 is 5.91 Å². The Morgan fingerprint density at radius 3 is 2.90 bits per heavy atom. The molecule has 5 heteroatoms. The Bertz CT molecular complexity index is 475. The van der Waals surface area contributed by atoms with Crippen molar-refractivity contribution in [2.75, 3.05) is 27.6 Å².